The maximum absolute atomic E-state index is 12.9. The molecule has 2 N–H and O–H groups in total. The maximum atomic E-state index is 12.9. The Labute approximate surface area is 229 Å². The number of anilines is 2. The van der Waals surface area contributed by atoms with Crippen molar-refractivity contribution in [2.24, 2.45) is 0 Å². The van der Waals surface area contributed by atoms with Crippen molar-refractivity contribution in [1.29, 1.82) is 0 Å². The quantitative estimate of drug-likeness (QED) is 0.307. The zero-order valence-electron chi connectivity index (χ0n) is 21.8. The zero-order valence-corrected chi connectivity index (χ0v) is 22.7. The highest BCUT2D eigenvalue weighted by Crippen LogP contribution is 2.39. The van der Waals surface area contributed by atoms with Crippen LogP contribution in [0.5, 0.6) is 0 Å². The summed E-state index contributed by atoms with van der Waals surface area (Å²) >= 11 is 5.81. The van der Waals surface area contributed by atoms with E-state index in [9.17, 15) is 4.79 Å². The van der Waals surface area contributed by atoms with Crippen molar-refractivity contribution in [3.8, 4) is 5.69 Å². The van der Waals surface area contributed by atoms with Crippen LogP contribution in [0.15, 0.2) is 91.3 Å². The van der Waals surface area contributed by atoms with E-state index >= 15 is 0 Å². The minimum Gasteiger partial charge on any atom is -0.378 e. The summed E-state index contributed by atoms with van der Waals surface area (Å²) in [5.74, 6) is -0.0497. The lowest BCUT2D eigenvalue weighted by molar-refractivity contribution is -0.116. The fraction of sp³-hybridized carbons (Fsp3) is 0.233. The summed E-state index contributed by atoms with van der Waals surface area (Å²) in [5, 5.41) is 7.10. The molecular weight excluding hydrogens is 492 g/mol. The smallest absolute Gasteiger partial charge is 0.226 e. The van der Waals surface area contributed by atoms with E-state index in [1.807, 2.05) is 69.6 Å². The second-order valence-electron chi connectivity index (χ2n) is 9.70. The van der Waals surface area contributed by atoms with Gasteiger partial charge in [0.25, 0.3) is 0 Å². The summed E-state index contributed by atoms with van der Waals surface area (Å²) in [6, 6.07) is 26.1. The fourth-order valence-corrected chi connectivity index (χ4v) is 5.16. The molecule has 1 saturated heterocycles. The van der Waals surface area contributed by atoms with E-state index in [4.69, 9.17) is 12.2 Å². The number of nitrogens with one attached hydrogen (secondary N) is 2. The summed E-state index contributed by atoms with van der Waals surface area (Å²) in [6.07, 6.45) is 4.17. The SMILES string of the molecule is Cc1ccc(NC(=O)CCN2C(=S)N[C@H](c3ccccn3)[C@@H]2c2cccn2-c2ccc(N(C)C)cc2)cc1. The van der Waals surface area contributed by atoms with Crippen LogP contribution in [0.25, 0.3) is 5.69 Å². The van der Waals surface area contributed by atoms with Gasteiger partial charge in [-0.05, 0) is 79.8 Å². The van der Waals surface area contributed by atoms with E-state index < -0.39 is 0 Å². The summed E-state index contributed by atoms with van der Waals surface area (Å²) in [5.41, 5.74) is 6.12. The summed E-state index contributed by atoms with van der Waals surface area (Å²) < 4.78 is 2.19. The molecule has 1 amide bonds. The number of hydrogen-bond acceptors (Lipinski definition) is 4. The predicted molar refractivity (Wildman–Crippen MR) is 157 cm³/mol. The molecule has 3 heterocycles. The average Bonchev–Trinajstić information content (AvgIpc) is 3.53. The minimum absolute atomic E-state index is 0.0497. The fourth-order valence-electron chi connectivity index (χ4n) is 4.83. The first-order valence-corrected chi connectivity index (χ1v) is 13.1. The van der Waals surface area contributed by atoms with E-state index in [0.717, 1.165) is 34.0 Å². The number of aryl methyl sites for hydroxylation is 1. The van der Waals surface area contributed by atoms with Crippen molar-refractivity contribution in [2.75, 3.05) is 30.9 Å². The summed E-state index contributed by atoms with van der Waals surface area (Å²) in [7, 11) is 4.07. The van der Waals surface area contributed by atoms with Gasteiger partial charge in [-0.1, -0.05) is 23.8 Å². The molecule has 194 valence electrons. The third kappa shape index (κ3) is 5.40. The van der Waals surface area contributed by atoms with Gasteiger partial charge < -0.3 is 25.0 Å². The molecule has 0 radical (unpaired) electrons. The van der Waals surface area contributed by atoms with Gasteiger partial charge in [0, 0.05) is 62.2 Å². The first kappa shape index (κ1) is 25.5. The van der Waals surface area contributed by atoms with E-state index in [2.05, 4.69) is 66.5 Å². The Morgan fingerprint density at radius 1 is 1.03 bits per heavy atom. The first-order valence-electron chi connectivity index (χ1n) is 12.7. The number of pyridine rings is 1. The van der Waals surface area contributed by atoms with Crippen molar-refractivity contribution in [3.63, 3.8) is 0 Å². The van der Waals surface area contributed by atoms with E-state index in [1.165, 1.54) is 0 Å². The Kier molecular flexibility index (Phi) is 7.42. The van der Waals surface area contributed by atoms with Crippen LogP contribution >= 0.6 is 12.2 Å². The molecule has 0 aliphatic carbocycles. The molecule has 8 heteroatoms. The molecule has 0 unspecified atom stereocenters. The number of nitrogens with zero attached hydrogens (tertiary/aromatic N) is 4. The Morgan fingerprint density at radius 2 is 1.79 bits per heavy atom. The summed E-state index contributed by atoms with van der Waals surface area (Å²) in [4.78, 5) is 21.7. The molecular formula is C30H32N6OS. The summed E-state index contributed by atoms with van der Waals surface area (Å²) in [6.45, 7) is 2.50. The Morgan fingerprint density at radius 3 is 2.47 bits per heavy atom. The molecule has 2 atom stereocenters. The van der Waals surface area contributed by atoms with Gasteiger partial charge in [-0.25, -0.2) is 0 Å². The van der Waals surface area contributed by atoms with Crippen LogP contribution in [0.1, 0.15) is 35.5 Å². The van der Waals surface area contributed by atoms with Crippen LogP contribution in [0.3, 0.4) is 0 Å². The van der Waals surface area contributed by atoms with Gasteiger partial charge in [0.2, 0.25) is 5.91 Å². The number of benzene rings is 2. The van der Waals surface area contributed by atoms with E-state index in [0.29, 0.717) is 18.1 Å². The van der Waals surface area contributed by atoms with E-state index in [-0.39, 0.29) is 18.0 Å². The van der Waals surface area contributed by atoms with Crippen LogP contribution in [-0.4, -0.2) is 46.1 Å². The van der Waals surface area contributed by atoms with Crippen LogP contribution in [0, 0.1) is 6.92 Å². The molecule has 1 aliphatic heterocycles. The molecule has 1 aliphatic rings. The molecule has 5 rings (SSSR count). The molecule has 2 aromatic heterocycles. The number of carbonyl (C=O) groups is 1. The highest BCUT2D eigenvalue weighted by Gasteiger charge is 2.41. The van der Waals surface area contributed by atoms with Crippen LogP contribution in [-0.2, 0) is 4.79 Å². The number of carbonyl (C=O) groups excluding carboxylic acids is 1. The van der Waals surface area contributed by atoms with Gasteiger partial charge in [0.1, 0.15) is 0 Å². The van der Waals surface area contributed by atoms with Gasteiger partial charge in [-0.15, -0.1) is 0 Å². The van der Waals surface area contributed by atoms with Crippen molar-refractivity contribution in [1.82, 2.24) is 19.8 Å². The minimum atomic E-state index is -0.154. The normalized spacial score (nSPS) is 16.8. The third-order valence-corrected chi connectivity index (χ3v) is 7.19. The van der Waals surface area contributed by atoms with Crippen molar-refractivity contribution >= 4 is 34.6 Å². The standard InChI is InChI=1S/C30H32N6OS/c1-21-9-11-22(12-10-21)32-27(37)17-20-36-29(28(33-30(36)38)25-7-4-5-18-31-25)26-8-6-19-35(26)24-15-13-23(14-16-24)34(2)3/h4-16,18-19,28-29H,17,20H2,1-3H3,(H,32,37)(H,33,38)/t28-,29+/m1/s1. The highest BCUT2D eigenvalue weighted by atomic mass is 32.1. The number of thiocarbonyl (C=S) groups is 1. The van der Waals surface area contributed by atoms with Crippen LogP contribution in [0.2, 0.25) is 0 Å². The van der Waals surface area contributed by atoms with Crippen LogP contribution in [0.4, 0.5) is 11.4 Å². The predicted octanol–water partition coefficient (Wildman–Crippen LogP) is 5.25. The molecule has 0 saturated carbocycles. The largest absolute Gasteiger partial charge is 0.378 e. The molecule has 1 fully saturated rings. The number of aromatic nitrogens is 2. The van der Waals surface area contributed by atoms with Gasteiger partial charge >= 0.3 is 0 Å². The molecule has 0 bridgehead atoms. The van der Waals surface area contributed by atoms with Crippen LogP contribution < -0.4 is 15.5 Å². The molecule has 7 nitrogen and oxygen atoms in total. The van der Waals surface area contributed by atoms with E-state index in [1.54, 1.807) is 6.20 Å². The highest BCUT2D eigenvalue weighted by molar-refractivity contribution is 7.80. The van der Waals surface area contributed by atoms with Crippen molar-refractivity contribution < 1.29 is 4.79 Å². The van der Waals surface area contributed by atoms with Crippen molar-refractivity contribution in [3.05, 3.63) is 108 Å². The van der Waals surface area contributed by atoms with Crippen molar-refractivity contribution in [2.45, 2.75) is 25.4 Å². The van der Waals surface area contributed by atoms with Gasteiger partial charge in [-0.2, -0.15) is 0 Å². The number of amides is 1. The first-order chi connectivity index (χ1) is 18.4. The second-order valence-corrected chi connectivity index (χ2v) is 10.1. The zero-order chi connectivity index (χ0) is 26.6. The monoisotopic (exact) mass is 524 g/mol. The molecule has 4 aromatic rings. The lowest BCUT2D eigenvalue weighted by atomic mass is 10.0. The van der Waals surface area contributed by atoms with Gasteiger partial charge in [0.15, 0.2) is 5.11 Å². The second kappa shape index (κ2) is 11.1. The molecule has 0 spiro atoms. The average molecular weight is 525 g/mol. The topological polar surface area (TPSA) is 65.4 Å². The lowest BCUT2D eigenvalue weighted by Crippen LogP contribution is -2.33. The Bertz CT molecular complexity index is 1400. The Hall–Kier alpha value is -4.17. The Balaban J connectivity index is 1.43. The van der Waals surface area contributed by atoms with Gasteiger partial charge in [0.05, 0.1) is 17.8 Å². The lowest BCUT2D eigenvalue weighted by Gasteiger charge is -2.29. The molecule has 2 aromatic carbocycles. The third-order valence-electron chi connectivity index (χ3n) is 6.84. The number of hydrogen-bond donors (Lipinski definition) is 2. The maximum Gasteiger partial charge on any atom is 0.226 e. The molecule has 38 heavy (non-hydrogen) atoms. The van der Waals surface area contributed by atoms with Gasteiger partial charge in [-0.3, -0.25) is 9.78 Å². The number of rotatable bonds is 8.